The summed E-state index contributed by atoms with van der Waals surface area (Å²) in [6.45, 7) is 3.72. The Balaban J connectivity index is 1.38. The van der Waals surface area contributed by atoms with Crippen LogP contribution in [0.3, 0.4) is 0 Å². The minimum absolute atomic E-state index is 0.0351. The van der Waals surface area contributed by atoms with Gasteiger partial charge in [0.05, 0.1) is 12.3 Å². The summed E-state index contributed by atoms with van der Waals surface area (Å²) in [5.41, 5.74) is 3.41. The van der Waals surface area contributed by atoms with Crippen LogP contribution in [0.1, 0.15) is 23.6 Å². The quantitative estimate of drug-likeness (QED) is 0.659. The molecule has 0 bridgehead atoms. The Morgan fingerprint density at radius 3 is 2.86 bits per heavy atom. The van der Waals surface area contributed by atoms with E-state index in [1.54, 1.807) is 12.3 Å². The highest BCUT2D eigenvalue weighted by Gasteiger charge is 2.18. The van der Waals surface area contributed by atoms with Crippen LogP contribution in [0.4, 0.5) is 0 Å². The number of hydrogen-bond donors (Lipinski definition) is 2. The summed E-state index contributed by atoms with van der Waals surface area (Å²) in [6.07, 6.45) is 3.71. The van der Waals surface area contributed by atoms with Gasteiger partial charge in [0.2, 0.25) is 0 Å². The highest BCUT2D eigenvalue weighted by Crippen LogP contribution is 2.18. The zero-order valence-corrected chi connectivity index (χ0v) is 16.6. The van der Waals surface area contributed by atoms with Gasteiger partial charge in [-0.2, -0.15) is 0 Å². The molecule has 2 aromatic rings. The topological polar surface area (TPSA) is 91.8 Å². The number of rotatable bonds is 9. The number of hydrogen-bond acceptors (Lipinski definition) is 6. The third-order valence-electron chi connectivity index (χ3n) is 4.81. The minimum Gasteiger partial charge on any atom is -0.482 e. The van der Waals surface area contributed by atoms with Gasteiger partial charge in [0.15, 0.2) is 6.61 Å². The molecule has 1 aromatic heterocycles. The van der Waals surface area contributed by atoms with Crippen LogP contribution in [0, 0.1) is 0 Å². The maximum atomic E-state index is 12.0. The molecule has 1 aromatic carbocycles. The van der Waals surface area contributed by atoms with Gasteiger partial charge >= 0.3 is 0 Å². The van der Waals surface area contributed by atoms with Crippen LogP contribution in [0.5, 0.6) is 5.75 Å². The fourth-order valence-electron chi connectivity index (χ4n) is 3.43. The number of nitrogens with zero attached hydrogens (tertiary/aromatic N) is 2. The number of ether oxygens (including phenoxy) is 1. The van der Waals surface area contributed by atoms with Crippen molar-refractivity contribution in [3.63, 3.8) is 0 Å². The average molecular weight is 397 g/mol. The molecule has 1 amide bonds. The second kappa shape index (κ2) is 10.1. The molecule has 2 N–H and O–H groups in total. The number of β-amino-alcohol motifs (C(OH)–C–C–N with tert-alkyl or cyclic N) is 1. The molecule has 0 saturated carbocycles. The molecule has 1 aliphatic rings. The summed E-state index contributed by atoms with van der Waals surface area (Å²) in [6, 6.07) is 10.0. The van der Waals surface area contributed by atoms with Crippen LogP contribution < -0.4 is 10.1 Å². The van der Waals surface area contributed by atoms with Crippen molar-refractivity contribution in [3.8, 4) is 5.75 Å². The number of aromatic nitrogens is 1. The van der Waals surface area contributed by atoms with Crippen LogP contribution in [0.25, 0.3) is 0 Å². The molecule has 3 rings (SSSR count). The lowest BCUT2D eigenvalue weighted by Crippen LogP contribution is -2.42. The Labute approximate surface area is 170 Å². The predicted molar refractivity (Wildman–Crippen MR) is 109 cm³/mol. The van der Waals surface area contributed by atoms with E-state index in [1.165, 1.54) is 24.2 Å². The van der Waals surface area contributed by atoms with Gasteiger partial charge < -0.3 is 15.2 Å². The number of Topliss-reactive ketones (excluding diaryl/α,β-unsaturated/α-hetero) is 1. The monoisotopic (exact) mass is 397 g/mol. The van der Waals surface area contributed by atoms with E-state index in [-0.39, 0.29) is 31.3 Å². The summed E-state index contributed by atoms with van der Waals surface area (Å²) < 4.78 is 5.43. The van der Waals surface area contributed by atoms with Crippen molar-refractivity contribution in [3.05, 3.63) is 59.4 Å². The van der Waals surface area contributed by atoms with E-state index in [1.807, 2.05) is 6.07 Å². The lowest BCUT2D eigenvalue weighted by molar-refractivity contribution is -0.123. The van der Waals surface area contributed by atoms with E-state index in [4.69, 9.17) is 4.74 Å². The molecule has 1 aliphatic heterocycles. The molecule has 29 heavy (non-hydrogen) atoms. The summed E-state index contributed by atoms with van der Waals surface area (Å²) in [5.74, 6) is 0.157. The first kappa shape index (κ1) is 21.0. The number of fused-ring (bicyclic) bond motifs is 1. The lowest BCUT2D eigenvalue weighted by atomic mass is 10.00. The standard InChI is InChI=1S/C22H27N3O4/c1-16(26)8-17-9-21(12-23-10-17)29-15-22(28)24-11-20(27)14-25-7-6-18-4-2-3-5-19(18)13-25/h2-5,9-10,12,20,27H,6-8,11,13-15H2,1H3,(H,24,28). The number of ketones is 1. The normalized spacial score (nSPS) is 14.7. The first-order valence-electron chi connectivity index (χ1n) is 9.79. The summed E-state index contributed by atoms with van der Waals surface area (Å²) >= 11 is 0. The highest BCUT2D eigenvalue weighted by molar-refractivity contribution is 5.78. The second-order valence-electron chi connectivity index (χ2n) is 7.41. The molecular weight excluding hydrogens is 370 g/mol. The zero-order valence-electron chi connectivity index (χ0n) is 16.6. The van der Waals surface area contributed by atoms with Crippen LogP contribution in [-0.2, 0) is 29.0 Å². The molecule has 7 nitrogen and oxygen atoms in total. The average Bonchev–Trinajstić information content (AvgIpc) is 2.70. The predicted octanol–water partition coefficient (Wildman–Crippen LogP) is 1.13. The van der Waals surface area contributed by atoms with Gasteiger partial charge in [0.1, 0.15) is 11.5 Å². The number of amides is 1. The van der Waals surface area contributed by atoms with Gasteiger partial charge in [0, 0.05) is 38.8 Å². The Kier molecular flexibility index (Phi) is 7.32. The van der Waals surface area contributed by atoms with Crippen LogP contribution in [0.2, 0.25) is 0 Å². The molecule has 0 fully saturated rings. The van der Waals surface area contributed by atoms with Crippen molar-refractivity contribution in [2.24, 2.45) is 0 Å². The van der Waals surface area contributed by atoms with Crippen molar-refractivity contribution in [2.45, 2.75) is 32.4 Å². The Hall–Kier alpha value is -2.77. The van der Waals surface area contributed by atoms with Gasteiger partial charge in [-0.05, 0) is 36.1 Å². The maximum absolute atomic E-state index is 12.0. The smallest absolute Gasteiger partial charge is 0.258 e. The molecule has 7 heteroatoms. The summed E-state index contributed by atoms with van der Waals surface area (Å²) in [5, 5.41) is 13.0. The van der Waals surface area contributed by atoms with E-state index in [0.29, 0.717) is 12.3 Å². The number of aliphatic hydroxyl groups is 1. The van der Waals surface area contributed by atoms with Gasteiger partial charge in [-0.25, -0.2) is 0 Å². The third-order valence-corrected chi connectivity index (χ3v) is 4.81. The van der Waals surface area contributed by atoms with Gasteiger partial charge in [-0.15, -0.1) is 0 Å². The Bertz CT molecular complexity index is 855. The fraction of sp³-hybridized carbons (Fsp3) is 0.409. The van der Waals surface area contributed by atoms with E-state index in [9.17, 15) is 14.7 Å². The number of carbonyl (C=O) groups excluding carboxylic acids is 2. The van der Waals surface area contributed by atoms with E-state index in [0.717, 1.165) is 25.1 Å². The third kappa shape index (κ3) is 6.66. The first-order valence-corrected chi connectivity index (χ1v) is 9.79. The SMILES string of the molecule is CC(=O)Cc1cncc(OCC(=O)NCC(O)CN2CCc3ccccc3C2)c1. The molecule has 0 radical (unpaired) electrons. The Morgan fingerprint density at radius 1 is 1.28 bits per heavy atom. The number of nitrogens with one attached hydrogen (secondary N) is 1. The van der Waals surface area contributed by atoms with Crippen molar-refractivity contribution in [1.29, 1.82) is 0 Å². The molecule has 0 aliphatic carbocycles. The molecule has 1 unspecified atom stereocenters. The van der Waals surface area contributed by atoms with E-state index < -0.39 is 6.10 Å². The molecule has 2 heterocycles. The van der Waals surface area contributed by atoms with Gasteiger partial charge in [-0.1, -0.05) is 24.3 Å². The van der Waals surface area contributed by atoms with E-state index in [2.05, 4.69) is 33.4 Å². The summed E-state index contributed by atoms with van der Waals surface area (Å²) in [7, 11) is 0. The number of pyridine rings is 1. The van der Waals surface area contributed by atoms with Crippen molar-refractivity contribution in [2.75, 3.05) is 26.2 Å². The first-order chi connectivity index (χ1) is 14.0. The largest absolute Gasteiger partial charge is 0.482 e. The minimum atomic E-state index is -0.648. The van der Waals surface area contributed by atoms with Crippen molar-refractivity contribution < 1.29 is 19.4 Å². The van der Waals surface area contributed by atoms with E-state index >= 15 is 0 Å². The molecule has 154 valence electrons. The second-order valence-corrected chi connectivity index (χ2v) is 7.41. The Morgan fingerprint density at radius 2 is 2.07 bits per heavy atom. The van der Waals surface area contributed by atoms with Crippen LogP contribution in [0.15, 0.2) is 42.7 Å². The molecule has 0 saturated heterocycles. The highest BCUT2D eigenvalue weighted by atomic mass is 16.5. The van der Waals surface area contributed by atoms with Gasteiger partial charge in [-0.3, -0.25) is 19.5 Å². The molecule has 1 atom stereocenters. The van der Waals surface area contributed by atoms with Crippen molar-refractivity contribution >= 4 is 11.7 Å². The zero-order chi connectivity index (χ0) is 20.6. The number of aliphatic hydroxyl groups excluding tert-OH is 1. The fourth-order valence-corrected chi connectivity index (χ4v) is 3.43. The molecular formula is C22H27N3O4. The van der Waals surface area contributed by atoms with Crippen LogP contribution in [-0.4, -0.2) is 59.0 Å². The van der Waals surface area contributed by atoms with Gasteiger partial charge in [0.25, 0.3) is 5.91 Å². The van der Waals surface area contributed by atoms with Crippen LogP contribution >= 0.6 is 0 Å². The lowest BCUT2D eigenvalue weighted by Gasteiger charge is -2.30. The summed E-state index contributed by atoms with van der Waals surface area (Å²) in [4.78, 5) is 29.4. The number of benzene rings is 1. The molecule has 0 spiro atoms. The van der Waals surface area contributed by atoms with Crippen molar-refractivity contribution in [1.82, 2.24) is 15.2 Å². The maximum Gasteiger partial charge on any atom is 0.258 e. The number of carbonyl (C=O) groups is 2.